The van der Waals surface area contributed by atoms with Crippen LogP contribution in [0.15, 0.2) is 45.8 Å². The minimum absolute atomic E-state index is 0.0610. The Morgan fingerprint density at radius 2 is 2.00 bits per heavy atom. The van der Waals surface area contributed by atoms with E-state index in [1.165, 1.54) is 19.2 Å². The number of benzene rings is 2. The van der Waals surface area contributed by atoms with Crippen molar-refractivity contribution < 1.29 is 17.9 Å². The summed E-state index contributed by atoms with van der Waals surface area (Å²) in [5, 5.41) is 3.00. The lowest BCUT2D eigenvalue weighted by Crippen LogP contribution is -2.32. The Kier molecular flexibility index (Phi) is 5.36. The summed E-state index contributed by atoms with van der Waals surface area (Å²) in [6, 6.07) is 9.99. The van der Waals surface area contributed by atoms with Gasteiger partial charge in [-0.05, 0) is 49.9 Å². The average molecular weight is 439 g/mol. The van der Waals surface area contributed by atoms with Crippen molar-refractivity contribution in [3.05, 3.63) is 57.6 Å². The predicted molar refractivity (Wildman–Crippen MR) is 102 cm³/mol. The molecule has 1 amide bonds. The van der Waals surface area contributed by atoms with Gasteiger partial charge in [0.05, 0.1) is 17.5 Å². The van der Waals surface area contributed by atoms with Crippen molar-refractivity contribution in [2.75, 3.05) is 13.7 Å². The molecule has 0 aromatic heterocycles. The fourth-order valence-electron chi connectivity index (χ4n) is 2.88. The Morgan fingerprint density at radius 1 is 1.23 bits per heavy atom. The van der Waals surface area contributed by atoms with E-state index in [2.05, 4.69) is 26.0 Å². The molecule has 0 aliphatic carbocycles. The molecule has 1 aliphatic heterocycles. The standard InChI is InChI=1S/C18H19BrN2O4S/c1-11-3-5-13(26(23,24)20-2)10-14(11)18(22)21-16-7-8-25-17-6-4-12(19)9-15(16)17/h3-6,9-10,16,20H,7-8H2,1-2H3,(H,21,22). The lowest BCUT2D eigenvalue weighted by Gasteiger charge is -2.27. The molecule has 3 rings (SSSR count). The van der Waals surface area contributed by atoms with Crippen LogP contribution in [0.25, 0.3) is 0 Å². The number of aryl methyl sites for hydroxylation is 1. The number of hydrogen-bond acceptors (Lipinski definition) is 4. The number of sulfonamides is 1. The molecule has 138 valence electrons. The highest BCUT2D eigenvalue weighted by Crippen LogP contribution is 2.34. The average Bonchev–Trinajstić information content (AvgIpc) is 2.62. The Balaban J connectivity index is 1.90. The fraction of sp³-hybridized carbons (Fsp3) is 0.278. The summed E-state index contributed by atoms with van der Waals surface area (Å²) < 4.78 is 32.8. The van der Waals surface area contributed by atoms with Gasteiger partial charge in [0.25, 0.3) is 5.91 Å². The molecule has 2 aromatic carbocycles. The van der Waals surface area contributed by atoms with Gasteiger partial charge in [-0.15, -0.1) is 0 Å². The summed E-state index contributed by atoms with van der Waals surface area (Å²) in [5.41, 5.74) is 1.94. The van der Waals surface area contributed by atoms with Gasteiger partial charge in [0.15, 0.2) is 0 Å². The zero-order valence-electron chi connectivity index (χ0n) is 14.4. The van der Waals surface area contributed by atoms with Crippen molar-refractivity contribution in [1.82, 2.24) is 10.0 Å². The maximum atomic E-state index is 12.8. The monoisotopic (exact) mass is 438 g/mol. The molecule has 1 unspecified atom stereocenters. The lowest BCUT2D eigenvalue weighted by atomic mass is 9.99. The SMILES string of the molecule is CNS(=O)(=O)c1ccc(C)c(C(=O)NC2CCOc3ccc(Br)cc32)c1. The van der Waals surface area contributed by atoms with Crippen LogP contribution < -0.4 is 14.8 Å². The third-order valence-corrected chi connectivity index (χ3v) is 6.25. The van der Waals surface area contributed by atoms with Gasteiger partial charge >= 0.3 is 0 Å². The molecule has 0 bridgehead atoms. The van der Waals surface area contributed by atoms with Crippen LogP contribution in [0.3, 0.4) is 0 Å². The number of halogens is 1. The highest BCUT2D eigenvalue weighted by molar-refractivity contribution is 9.10. The molecule has 0 saturated heterocycles. The maximum absolute atomic E-state index is 12.8. The van der Waals surface area contributed by atoms with Crippen molar-refractivity contribution >= 4 is 31.9 Å². The molecule has 2 aromatic rings. The molecular weight excluding hydrogens is 420 g/mol. The van der Waals surface area contributed by atoms with E-state index in [9.17, 15) is 13.2 Å². The van der Waals surface area contributed by atoms with E-state index in [4.69, 9.17) is 4.74 Å². The quantitative estimate of drug-likeness (QED) is 0.768. The number of carbonyl (C=O) groups is 1. The highest BCUT2D eigenvalue weighted by atomic mass is 79.9. The molecule has 1 heterocycles. The van der Waals surface area contributed by atoms with Crippen molar-refractivity contribution in [2.45, 2.75) is 24.3 Å². The fourth-order valence-corrected chi connectivity index (χ4v) is 4.02. The third kappa shape index (κ3) is 3.77. The summed E-state index contributed by atoms with van der Waals surface area (Å²) in [6.45, 7) is 2.28. The number of carbonyl (C=O) groups excluding carboxylic acids is 1. The van der Waals surface area contributed by atoms with Crippen LogP contribution >= 0.6 is 15.9 Å². The first kappa shape index (κ1) is 18.9. The van der Waals surface area contributed by atoms with Crippen LogP contribution in [-0.2, 0) is 10.0 Å². The first-order valence-corrected chi connectivity index (χ1v) is 10.4. The topological polar surface area (TPSA) is 84.5 Å². The zero-order chi connectivity index (χ0) is 18.9. The Morgan fingerprint density at radius 3 is 2.73 bits per heavy atom. The van der Waals surface area contributed by atoms with Gasteiger partial charge < -0.3 is 10.1 Å². The molecule has 0 fully saturated rings. The first-order chi connectivity index (χ1) is 12.3. The van der Waals surface area contributed by atoms with E-state index in [1.807, 2.05) is 18.2 Å². The van der Waals surface area contributed by atoms with Gasteiger partial charge in [-0.1, -0.05) is 22.0 Å². The Labute approximate surface area is 161 Å². The summed E-state index contributed by atoms with van der Waals surface area (Å²) in [7, 11) is -2.28. The zero-order valence-corrected chi connectivity index (χ0v) is 16.8. The molecular formula is C18H19BrN2O4S. The molecule has 0 saturated carbocycles. The van der Waals surface area contributed by atoms with Crippen LogP contribution in [0.5, 0.6) is 5.75 Å². The van der Waals surface area contributed by atoms with Gasteiger partial charge in [0.1, 0.15) is 5.75 Å². The van der Waals surface area contributed by atoms with Gasteiger partial charge in [-0.25, -0.2) is 13.1 Å². The van der Waals surface area contributed by atoms with Crippen LogP contribution in [0.1, 0.15) is 33.9 Å². The number of ether oxygens (including phenoxy) is 1. The van der Waals surface area contributed by atoms with E-state index in [1.54, 1.807) is 13.0 Å². The van der Waals surface area contributed by atoms with Crippen molar-refractivity contribution in [1.29, 1.82) is 0 Å². The van der Waals surface area contributed by atoms with Gasteiger partial charge in [-0.2, -0.15) is 0 Å². The maximum Gasteiger partial charge on any atom is 0.252 e. The molecule has 1 atom stereocenters. The van der Waals surface area contributed by atoms with Crippen LogP contribution in [0.4, 0.5) is 0 Å². The van der Waals surface area contributed by atoms with E-state index < -0.39 is 10.0 Å². The second kappa shape index (κ2) is 7.38. The third-order valence-electron chi connectivity index (χ3n) is 4.35. The second-order valence-corrected chi connectivity index (χ2v) is 8.83. The number of rotatable bonds is 4. The van der Waals surface area contributed by atoms with E-state index in [0.717, 1.165) is 15.8 Å². The normalized spacial score (nSPS) is 16.5. The van der Waals surface area contributed by atoms with Gasteiger partial charge in [0, 0.05) is 22.0 Å². The Bertz CT molecular complexity index is 960. The molecule has 0 radical (unpaired) electrons. The summed E-state index contributed by atoms with van der Waals surface area (Å²) in [4.78, 5) is 12.9. The predicted octanol–water partition coefficient (Wildman–Crippen LogP) is 2.92. The Hall–Kier alpha value is -1.90. The van der Waals surface area contributed by atoms with E-state index >= 15 is 0 Å². The van der Waals surface area contributed by atoms with Gasteiger partial charge in [0.2, 0.25) is 10.0 Å². The minimum atomic E-state index is -3.61. The number of amides is 1. The van der Waals surface area contributed by atoms with E-state index in [-0.39, 0.29) is 16.8 Å². The molecule has 0 spiro atoms. The van der Waals surface area contributed by atoms with Crippen LogP contribution in [0, 0.1) is 6.92 Å². The van der Waals surface area contributed by atoms with Crippen molar-refractivity contribution in [3.63, 3.8) is 0 Å². The first-order valence-electron chi connectivity index (χ1n) is 8.09. The lowest BCUT2D eigenvalue weighted by molar-refractivity contribution is 0.0924. The molecule has 26 heavy (non-hydrogen) atoms. The van der Waals surface area contributed by atoms with Crippen molar-refractivity contribution in [3.8, 4) is 5.75 Å². The number of nitrogens with one attached hydrogen (secondary N) is 2. The van der Waals surface area contributed by atoms with Crippen LogP contribution in [-0.4, -0.2) is 28.0 Å². The molecule has 6 nitrogen and oxygen atoms in total. The van der Waals surface area contributed by atoms with Crippen LogP contribution in [0.2, 0.25) is 0 Å². The molecule has 8 heteroatoms. The molecule has 1 aliphatic rings. The van der Waals surface area contributed by atoms with E-state index in [0.29, 0.717) is 24.2 Å². The summed E-state index contributed by atoms with van der Waals surface area (Å²) >= 11 is 3.44. The molecule has 2 N–H and O–H groups in total. The largest absolute Gasteiger partial charge is 0.493 e. The smallest absolute Gasteiger partial charge is 0.252 e. The summed E-state index contributed by atoms with van der Waals surface area (Å²) in [5.74, 6) is 0.432. The highest BCUT2D eigenvalue weighted by Gasteiger charge is 2.25. The number of hydrogen-bond donors (Lipinski definition) is 2. The number of fused-ring (bicyclic) bond motifs is 1. The summed E-state index contributed by atoms with van der Waals surface area (Å²) in [6.07, 6.45) is 0.642. The minimum Gasteiger partial charge on any atom is -0.493 e. The second-order valence-electron chi connectivity index (χ2n) is 6.03. The van der Waals surface area contributed by atoms with Gasteiger partial charge in [-0.3, -0.25) is 4.79 Å². The van der Waals surface area contributed by atoms with Crippen molar-refractivity contribution in [2.24, 2.45) is 0 Å².